The molecule has 0 aliphatic heterocycles. The van der Waals surface area contributed by atoms with Gasteiger partial charge in [-0.1, -0.05) is 97.1 Å². The zero-order valence-electron chi connectivity index (χ0n) is 17.4. The molecule has 32 heavy (non-hydrogen) atoms. The highest BCUT2D eigenvalue weighted by Gasteiger charge is 2.38. The summed E-state index contributed by atoms with van der Waals surface area (Å²) in [5.74, 6) is -0.457. The molecule has 0 heterocycles. The molecule has 0 aromatic heterocycles. The van der Waals surface area contributed by atoms with Gasteiger partial charge in [0.05, 0.1) is 0 Å². The van der Waals surface area contributed by atoms with Crippen molar-refractivity contribution in [3.63, 3.8) is 0 Å². The first kappa shape index (κ1) is 19.1. The van der Waals surface area contributed by atoms with Crippen molar-refractivity contribution in [1.82, 2.24) is 0 Å². The second-order valence-corrected chi connectivity index (χ2v) is 8.39. The van der Waals surface area contributed by atoms with Gasteiger partial charge in [-0.15, -0.1) is 0 Å². The summed E-state index contributed by atoms with van der Waals surface area (Å²) in [6.45, 7) is 0. The summed E-state index contributed by atoms with van der Waals surface area (Å²) >= 11 is 0. The zero-order chi connectivity index (χ0) is 21.7. The van der Waals surface area contributed by atoms with Gasteiger partial charge in [0.25, 0.3) is 0 Å². The molecule has 0 radical (unpaired) electrons. The number of hydrogen-bond donors (Lipinski definition) is 2. The van der Waals surface area contributed by atoms with Crippen LogP contribution in [0, 0.1) is 0 Å². The summed E-state index contributed by atoms with van der Waals surface area (Å²) in [4.78, 5) is 0. The Labute approximate surface area is 187 Å². The maximum Gasteiger partial charge on any atom is 0.464 e. The predicted octanol–water partition coefficient (Wildman–Crippen LogP) is 6.30. The van der Waals surface area contributed by atoms with E-state index in [0.717, 1.165) is 38.9 Å². The van der Waals surface area contributed by atoms with Crippen molar-refractivity contribution in [2.24, 2.45) is 0 Å². The third kappa shape index (κ3) is 2.98. The Balaban J connectivity index is 1.51. The first-order valence-corrected chi connectivity index (χ1v) is 10.9. The zero-order valence-corrected chi connectivity index (χ0v) is 17.4. The Morgan fingerprint density at radius 3 is 2.03 bits per heavy atom. The molecule has 2 N–H and O–H groups in total. The number of benzene rings is 5. The standard InChI is InChI=1S/C29H21BO2/c31-30(32)29-27-12-4-3-11-25(27)26-14-6-13-24(28(26)29)23-10-5-9-21(18-23)22-16-15-19-7-1-2-8-20(19)17-22/h1-18,29,31-32H. The fourth-order valence-electron chi connectivity index (χ4n) is 5.10. The van der Waals surface area contributed by atoms with Crippen LogP contribution in [0.2, 0.25) is 0 Å². The van der Waals surface area contributed by atoms with Crippen molar-refractivity contribution in [3.05, 3.63) is 120 Å². The molecule has 5 aromatic rings. The van der Waals surface area contributed by atoms with E-state index in [1.54, 1.807) is 0 Å². The summed E-state index contributed by atoms with van der Waals surface area (Å²) in [7, 11) is -1.46. The molecular weight excluding hydrogens is 391 g/mol. The lowest BCUT2D eigenvalue weighted by molar-refractivity contribution is 0.397. The van der Waals surface area contributed by atoms with Gasteiger partial charge in [-0.3, -0.25) is 0 Å². The van der Waals surface area contributed by atoms with Gasteiger partial charge in [0.15, 0.2) is 0 Å². The van der Waals surface area contributed by atoms with E-state index in [2.05, 4.69) is 91.0 Å². The molecule has 1 aliphatic carbocycles. The van der Waals surface area contributed by atoms with E-state index >= 15 is 0 Å². The SMILES string of the molecule is OB(O)C1c2ccccc2-c2cccc(-c3cccc(-c4ccc5ccccc5c4)c3)c21. The van der Waals surface area contributed by atoms with E-state index in [4.69, 9.17) is 0 Å². The quantitative estimate of drug-likeness (QED) is 0.342. The molecule has 1 atom stereocenters. The molecule has 2 nitrogen and oxygen atoms in total. The largest absolute Gasteiger partial charge is 0.464 e. The Bertz CT molecular complexity index is 1470. The third-order valence-corrected chi connectivity index (χ3v) is 6.56. The molecule has 0 fully saturated rings. The van der Waals surface area contributed by atoms with Gasteiger partial charge in [-0.25, -0.2) is 0 Å². The minimum absolute atomic E-state index is 0.457. The van der Waals surface area contributed by atoms with Crippen molar-refractivity contribution in [2.75, 3.05) is 0 Å². The fraction of sp³-hybridized carbons (Fsp3) is 0.0345. The molecule has 1 aliphatic rings. The number of rotatable bonds is 3. The molecule has 0 bridgehead atoms. The van der Waals surface area contributed by atoms with E-state index in [1.165, 1.54) is 16.3 Å². The molecule has 0 saturated carbocycles. The van der Waals surface area contributed by atoms with Gasteiger partial charge in [-0.05, 0) is 67.4 Å². The Morgan fingerprint density at radius 1 is 0.500 bits per heavy atom. The molecule has 3 heteroatoms. The average Bonchev–Trinajstić information content (AvgIpc) is 3.19. The van der Waals surface area contributed by atoms with Crippen molar-refractivity contribution >= 4 is 17.9 Å². The summed E-state index contributed by atoms with van der Waals surface area (Å²) < 4.78 is 0. The summed E-state index contributed by atoms with van der Waals surface area (Å²) in [6, 6.07) is 37.7. The van der Waals surface area contributed by atoms with Crippen molar-refractivity contribution in [2.45, 2.75) is 5.82 Å². The molecule has 0 amide bonds. The van der Waals surface area contributed by atoms with Crippen LogP contribution in [0.1, 0.15) is 16.9 Å². The van der Waals surface area contributed by atoms with Gasteiger partial charge >= 0.3 is 7.12 Å². The summed E-state index contributed by atoms with van der Waals surface area (Å²) in [5.41, 5.74) is 8.53. The Morgan fingerprint density at radius 2 is 1.16 bits per heavy atom. The molecular formula is C29H21BO2. The minimum Gasteiger partial charge on any atom is -0.426 e. The van der Waals surface area contributed by atoms with Crippen LogP contribution in [-0.4, -0.2) is 17.2 Å². The lowest BCUT2D eigenvalue weighted by atomic mass is 9.66. The van der Waals surface area contributed by atoms with Crippen LogP contribution in [0.15, 0.2) is 109 Å². The molecule has 152 valence electrons. The first-order chi connectivity index (χ1) is 15.7. The van der Waals surface area contributed by atoms with Gasteiger partial charge in [0.2, 0.25) is 0 Å². The first-order valence-electron chi connectivity index (χ1n) is 10.9. The molecule has 0 saturated heterocycles. The maximum absolute atomic E-state index is 10.3. The maximum atomic E-state index is 10.3. The normalized spacial score (nSPS) is 14.2. The van der Waals surface area contributed by atoms with Crippen molar-refractivity contribution in [3.8, 4) is 33.4 Å². The lowest BCUT2D eigenvalue weighted by Crippen LogP contribution is -2.23. The number of fused-ring (bicyclic) bond motifs is 4. The van der Waals surface area contributed by atoms with E-state index in [1.807, 2.05) is 18.2 Å². The summed E-state index contributed by atoms with van der Waals surface area (Å²) in [5, 5.41) is 23.1. The van der Waals surface area contributed by atoms with E-state index in [0.29, 0.717) is 0 Å². The van der Waals surface area contributed by atoms with E-state index in [-0.39, 0.29) is 0 Å². The minimum atomic E-state index is -1.46. The van der Waals surface area contributed by atoms with Crippen LogP contribution in [0.5, 0.6) is 0 Å². The third-order valence-electron chi connectivity index (χ3n) is 6.56. The van der Waals surface area contributed by atoms with Gasteiger partial charge in [-0.2, -0.15) is 0 Å². The van der Waals surface area contributed by atoms with Crippen molar-refractivity contribution in [1.29, 1.82) is 0 Å². The van der Waals surface area contributed by atoms with Gasteiger partial charge in [0, 0.05) is 5.82 Å². The van der Waals surface area contributed by atoms with Crippen LogP contribution >= 0.6 is 0 Å². The fourth-order valence-corrected chi connectivity index (χ4v) is 5.10. The second kappa shape index (κ2) is 7.49. The Kier molecular flexibility index (Phi) is 4.46. The summed E-state index contributed by atoms with van der Waals surface area (Å²) in [6.07, 6.45) is 0. The molecule has 1 unspecified atom stereocenters. The van der Waals surface area contributed by atoms with Crippen LogP contribution in [0.25, 0.3) is 44.2 Å². The lowest BCUT2D eigenvalue weighted by Gasteiger charge is -2.17. The van der Waals surface area contributed by atoms with E-state index < -0.39 is 12.9 Å². The van der Waals surface area contributed by atoms with Crippen LogP contribution in [0.3, 0.4) is 0 Å². The smallest absolute Gasteiger partial charge is 0.426 e. The van der Waals surface area contributed by atoms with Crippen LogP contribution in [0.4, 0.5) is 0 Å². The average molecular weight is 412 g/mol. The molecule has 0 spiro atoms. The van der Waals surface area contributed by atoms with Crippen LogP contribution in [-0.2, 0) is 0 Å². The van der Waals surface area contributed by atoms with Crippen LogP contribution < -0.4 is 0 Å². The predicted molar refractivity (Wildman–Crippen MR) is 132 cm³/mol. The van der Waals surface area contributed by atoms with Crippen molar-refractivity contribution < 1.29 is 10.0 Å². The highest BCUT2D eigenvalue weighted by atomic mass is 16.4. The Hall–Kier alpha value is -3.66. The monoisotopic (exact) mass is 412 g/mol. The highest BCUT2D eigenvalue weighted by Crippen LogP contribution is 2.49. The molecule has 5 aromatic carbocycles. The van der Waals surface area contributed by atoms with E-state index in [9.17, 15) is 10.0 Å². The number of hydrogen-bond acceptors (Lipinski definition) is 2. The van der Waals surface area contributed by atoms with Gasteiger partial charge < -0.3 is 10.0 Å². The highest BCUT2D eigenvalue weighted by molar-refractivity contribution is 6.45. The second-order valence-electron chi connectivity index (χ2n) is 8.39. The molecule has 6 rings (SSSR count). The topological polar surface area (TPSA) is 40.5 Å². The van der Waals surface area contributed by atoms with Gasteiger partial charge in [0.1, 0.15) is 0 Å².